The van der Waals surface area contributed by atoms with Crippen LogP contribution in [0.3, 0.4) is 0 Å². The van der Waals surface area contributed by atoms with Crippen molar-refractivity contribution in [3.63, 3.8) is 0 Å². The van der Waals surface area contributed by atoms with Gasteiger partial charge in [0.05, 0.1) is 34.6 Å². The number of fused-ring (bicyclic) bond motifs is 1. The van der Waals surface area contributed by atoms with Gasteiger partial charge in [-0.3, -0.25) is 14.7 Å². The average molecular weight is 577 g/mol. The number of rotatable bonds is 8. The van der Waals surface area contributed by atoms with Crippen LogP contribution in [0.25, 0.3) is 10.9 Å². The number of ether oxygens (including phenoxy) is 1. The summed E-state index contributed by atoms with van der Waals surface area (Å²) in [4.78, 5) is 22.3. The van der Waals surface area contributed by atoms with Crippen molar-refractivity contribution in [2.75, 3.05) is 50.5 Å². The number of hydrogen-bond acceptors (Lipinski definition) is 7. The van der Waals surface area contributed by atoms with Crippen LogP contribution >= 0.6 is 11.6 Å². The van der Waals surface area contributed by atoms with E-state index >= 15 is 0 Å². The molecule has 0 bridgehead atoms. The molecular formula is C31H34ClFN6O2. The normalized spacial score (nSPS) is 17.0. The largest absolute Gasteiger partial charge is 0.494 e. The lowest BCUT2D eigenvalue weighted by atomic mass is 10.00. The van der Waals surface area contributed by atoms with Crippen molar-refractivity contribution in [1.82, 2.24) is 14.8 Å². The van der Waals surface area contributed by atoms with Gasteiger partial charge in [-0.1, -0.05) is 24.1 Å². The van der Waals surface area contributed by atoms with E-state index in [4.69, 9.17) is 16.3 Å². The van der Waals surface area contributed by atoms with Gasteiger partial charge in [-0.05, 0) is 76.1 Å². The molecule has 2 N–H and O–H groups in total. The molecule has 3 aromatic rings. The van der Waals surface area contributed by atoms with E-state index in [1.807, 2.05) is 6.08 Å². The Hall–Kier alpha value is -3.71. The Morgan fingerprint density at radius 2 is 1.98 bits per heavy atom. The molecule has 1 amide bonds. The first-order valence-corrected chi connectivity index (χ1v) is 14.4. The molecule has 10 heteroatoms. The van der Waals surface area contributed by atoms with Gasteiger partial charge < -0.3 is 20.3 Å². The molecule has 0 saturated carbocycles. The van der Waals surface area contributed by atoms with Crippen LogP contribution in [0.15, 0.2) is 48.7 Å². The molecule has 0 aliphatic carbocycles. The lowest BCUT2D eigenvalue weighted by Crippen LogP contribution is -2.46. The van der Waals surface area contributed by atoms with Crippen molar-refractivity contribution in [3.8, 4) is 11.8 Å². The standard InChI is InChI=1S/C31H34ClFN6O2/c1-41-29-18-27-24(31(21(19-34)20-35-27)36-22-7-8-26(33)25(32)16-22)17-28(29)37-30(40)6-5-11-38-14-9-23(10-15-38)39-12-3-2-4-13-39/h5-8,16-18,20,23H,2-4,9-15H2,1H3,(H,35,36)(H,37,40)/b6-5+. The summed E-state index contributed by atoms with van der Waals surface area (Å²) in [5.41, 5.74) is 2.24. The van der Waals surface area contributed by atoms with Crippen molar-refractivity contribution in [2.45, 2.75) is 38.1 Å². The first kappa shape index (κ1) is 28.8. The number of nitrogens with one attached hydrogen (secondary N) is 2. The first-order chi connectivity index (χ1) is 19.9. The highest BCUT2D eigenvalue weighted by Crippen LogP contribution is 2.36. The lowest BCUT2D eigenvalue weighted by molar-refractivity contribution is -0.111. The van der Waals surface area contributed by atoms with Gasteiger partial charge in [0, 0.05) is 42.0 Å². The fourth-order valence-corrected chi connectivity index (χ4v) is 5.84. The summed E-state index contributed by atoms with van der Waals surface area (Å²) in [5, 5.41) is 16.3. The Bertz CT molecular complexity index is 1480. The maximum absolute atomic E-state index is 13.7. The molecule has 214 valence electrons. The van der Waals surface area contributed by atoms with Crippen molar-refractivity contribution < 1.29 is 13.9 Å². The van der Waals surface area contributed by atoms with Crippen LogP contribution in [0.5, 0.6) is 5.75 Å². The van der Waals surface area contributed by atoms with Gasteiger partial charge in [0.1, 0.15) is 17.6 Å². The fraction of sp³-hybridized carbons (Fsp3) is 0.387. The maximum Gasteiger partial charge on any atom is 0.248 e. The van der Waals surface area contributed by atoms with Gasteiger partial charge >= 0.3 is 0 Å². The third-order valence-electron chi connectivity index (χ3n) is 7.85. The Kier molecular flexibility index (Phi) is 9.35. The minimum absolute atomic E-state index is 0.0420. The molecule has 2 fully saturated rings. The predicted octanol–water partition coefficient (Wildman–Crippen LogP) is 6.10. The van der Waals surface area contributed by atoms with E-state index < -0.39 is 5.82 Å². The minimum atomic E-state index is -0.540. The zero-order valence-electron chi connectivity index (χ0n) is 23.1. The summed E-state index contributed by atoms with van der Waals surface area (Å²) in [7, 11) is 1.52. The summed E-state index contributed by atoms with van der Waals surface area (Å²) in [6, 6.07) is 10.5. The number of nitriles is 1. The lowest BCUT2D eigenvalue weighted by Gasteiger charge is -2.40. The number of anilines is 3. The molecule has 2 saturated heterocycles. The quantitative estimate of drug-likeness (QED) is 0.313. The molecule has 0 spiro atoms. The summed E-state index contributed by atoms with van der Waals surface area (Å²) in [5.74, 6) is -0.385. The molecule has 0 unspecified atom stereocenters. The number of methoxy groups -OCH3 is 1. The van der Waals surface area contributed by atoms with Crippen LogP contribution in [0.4, 0.5) is 21.5 Å². The zero-order valence-corrected chi connectivity index (χ0v) is 23.9. The SMILES string of the molecule is COc1cc2ncc(C#N)c(Nc3ccc(F)c(Cl)c3)c2cc1NC(=O)/C=C/CN1CCC(N2CCCCC2)CC1. The monoisotopic (exact) mass is 576 g/mol. The molecule has 41 heavy (non-hydrogen) atoms. The van der Waals surface area contributed by atoms with Gasteiger partial charge in [0.25, 0.3) is 0 Å². The summed E-state index contributed by atoms with van der Waals surface area (Å²) < 4.78 is 19.2. The number of pyridine rings is 1. The Labute approximate surface area is 244 Å². The van der Waals surface area contributed by atoms with Crippen LogP contribution in [-0.4, -0.2) is 66.6 Å². The molecule has 1 aromatic heterocycles. The molecule has 8 nitrogen and oxygen atoms in total. The van der Waals surface area contributed by atoms with Crippen molar-refractivity contribution in [1.29, 1.82) is 5.26 Å². The third-order valence-corrected chi connectivity index (χ3v) is 8.14. The fourth-order valence-electron chi connectivity index (χ4n) is 5.66. The molecule has 0 radical (unpaired) electrons. The number of halogens is 2. The topological polar surface area (TPSA) is 93.5 Å². The smallest absolute Gasteiger partial charge is 0.248 e. The highest BCUT2D eigenvalue weighted by atomic mass is 35.5. The van der Waals surface area contributed by atoms with Crippen molar-refractivity contribution >= 4 is 45.5 Å². The number of carbonyl (C=O) groups is 1. The molecule has 2 aromatic carbocycles. The van der Waals surface area contributed by atoms with Crippen molar-refractivity contribution in [2.24, 2.45) is 0 Å². The molecule has 2 aliphatic rings. The Morgan fingerprint density at radius 3 is 2.68 bits per heavy atom. The number of amides is 1. The number of aromatic nitrogens is 1. The number of nitrogens with zero attached hydrogens (tertiary/aromatic N) is 4. The number of likely N-dealkylation sites (tertiary alicyclic amines) is 2. The van der Waals surface area contributed by atoms with E-state index in [1.165, 1.54) is 76.7 Å². The van der Waals surface area contributed by atoms with Crippen LogP contribution in [0.1, 0.15) is 37.7 Å². The molecule has 2 aliphatic heterocycles. The maximum atomic E-state index is 13.7. The van der Waals surface area contributed by atoms with E-state index in [0.717, 1.165) is 19.6 Å². The Balaban J connectivity index is 1.27. The summed E-state index contributed by atoms with van der Waals surface area (Å²) in [6.07, 6.45) is 11.2. The minimum Gasteiger partial charge on any atom is -0.494 e. The number of hydrogen-bond donors (Lipinski definition) is 2. The molecular weight excluding hydrogens is 543 g/mol. The zero-order chi connectivity index (χ0) is 28.8. The second kappa shape index (κ2) is 13.3. The van der Waals surface area contributed by atoms with Gasteiger partial charge in [0.15, 0.2) is 0 Å². The van der Waals surface area contributed by atoms with Crippen LogP contribution < -0.4 is 15.4 Å². The van der Waals surface area contributed by atoms with Crippen LogP contribution in [0, 0.1) is 17.1 Å². The van der Waals surface area contributed by atoms with Crippen LogP contribution in [-0.2, 0) is 4.79 Å². The second-order valence-electron chi connectivity index (χ2n) is 10.5. The molecule has 5 rings (SSSR count). The number of benzene rings is 2. The average Bonchev–Trinajstić information content (AvgIpc) is 2.99. The Morgan fingerprint density at radius 1 is 1.20 bits per heavy atom. The van der Waals surface area contributed by atoms with Crippen LogP contribution in [0.2, 0.25) is 5.02 Å². The van der Waals surface area contributed by atoms with Gasteiger partial charge in [0.2, 0.25) is 5.91 Å². The number of carbonyl (C=O) groups excluding carboxylic acids is 1. The second-order valence-corrected chi connectivity index (χ2v) is 10.9. The predicted molar refractivity (Wildman–Crippen MR) is 160 cm³/mol. The molecule has 0 atom stereocenters. The first-order valence-electron chi connectivity index (χ1n) is 14.0. The third kappa shape index (κ3) is 6.96. The van der Waals surface area contributed by atoms with Gasteiger partial charge in [-0.25, -0.2) is 4.39 Å². The number of piperidine rings is 2. The van der Waals surface area contributed by atoms with E-state index in [-0.39, 0.29) is 16.5 Å². The van der Waals surface area contributed by atoms with E-state index in [9.17, 15) is 14.4 Å². The summed E-state index contributed by atoms with van der Waals surface area (Å²) >= 11 is 5.96. The highest BCUT2D eigenvalue weighted by Gasteiger charge is 2.25. The van der Waals surface area contributed by atoms with Gasteiger partial charge in [-0.15, -0.1) is 0 Å². The van der Waals surface area contributed by atoms with E-state index in [2.05, 4.69) is 31.5 Å². The van der Waals surface area contributed by atoms with Crippen molar-refractivity contribution in [3.05, 3.63) is 65.1 Å². The van der Waals surface area contributed by atoms with E-state index in [1.54, 1.807) is 18.2 Å². The van der Waals surface area contributed by atoms with Gasteiger partial charge in [-0.2, -0.15) is 5.26 Å². The summed E-state index contributed by atoms with van der Waals surface area (Å²) in [6.45, 7) is 5.26. The highest BCUT2D eigenvalue weighted by molar-refractivity contribution is 6.31. The van der Waals surface area contributed by atoms with E-state index in [0.29, 0.717) is 39.8 Å². The molecule has 3 heterocycles.